The Kier molecular flexibility index (Phi) is 4.67. The van der Waals surface area contributed by atoms with E-state index in [-0.39, 0.29) is 5.54 Å². The third-order valence-corrected chi connectivity index (χ3v) is 3.27. The Bertz CT molecular complexity index is 181. The lowest BCUT2D eigenvalue weighted by molar-refractivity contribution is 0.318. The Morgan fingerprint density at radius 2 is 1.57 bits per heavy atom. The van der Waals surface area contributed by atoms with E-state index < -0.39 is 0 Å². The molecule has 0 spiro atoms. The van der Waals surface area contributed by atoms with Crippen molar-refractivity contribution in [2.24, 2.45) is 5.73 Å². The molecule has 1 fully saturated rings. The molecular formula is C13H25N. The van der Waals surface area contributed by atoms with Gasteiger partial charge in [0.1, 0.15) is 0 Å². The first-order valence-electron chi connectivity index (χ1n) is 6.05. The van der Waals surface area contributed by atoms with Crippen LogP contribution >= 0.6 is 0 Å². The van der Waals surface area contributed by atoms with Crippen LogP contribution in [0.5, 0.6) is 0 Å². The van der Waals surface area contributed by atoms with E-state index in [0.717, 1.165) is 6.42 Å². The molecule has 14 heavy (non-hydrogen) atoms. The van der Waals surface area contributed by atoms with Crippen molar-refractivity contribution in [1.82, 2.24) is 0 Å². The van der Waals surface area contributed by atoms with Crippen molar-refractivity contribution in [2.75, 3.05) is 0 Å². The summed E-state index contributed by atoms with van der Waals surface area (Å²) in [6.07, 6.45) is 12.7. The van der Waals surface area contributed by atoms with Crippen molar-refractivity contribution in [3.8, 4) is 0 Å². The van der Waals surface area contributed by atoms with Gasteiger partial charge in [0.05, 0.1) is 0 Å². The Hall–Kier alpha value is -0.300. The first-order chi connectivity index (χ1) is 6.62. The van der Waals surface area contributed by atoms with E-state index in [1.54, 1.807) is 0 Å². The van der Waals surface area contributed by atoms with Crippen molar-refractivity contribution in [2.45, 2.75) is 70.8 Å². The molecule has 0 atom stereocenters. The summed E-state index contributed by atoms with van der Waals surface area (Å²) in [6.45, 7) is 4.32. The summed E-state index contributed by atoms with van der Waals surface area (Å²) in [4.78, 5) is 0. The number of rotatable bonds is 2. The molecule has 0 bridgehead atoms. The summed E-state index contributed by atoms with van der Waals surface area (Å²) in [5.74, 6) is 0. The first-order valence-corrected chi connectivity index (χ1v) is 6.05. The molecule has 0 amide bonds. The molecule has 1 nitrogen and oxygen atoms in total. The van der Waals surface area contributed by atoms with Crippen LogP contribution in [0, 0.1) is 0 Å². The van der Waals surface area contributed by atoms with Crippen LogP contribution in [0.15, 0.2) is 11.6 Å². The molecule has 1 saturated carbocycles. The van der Waals surface area contributed by atoms with Crippen LogP contribution in [0.3, 0.4) is 0 Å². The monoisotopic (exact) mass is 195 g/mol. The molecule has 0 aromatic carbocycles. The van der Waals surface area contributed by atoms with Crippen molar-refractivity contribution in [1.29, 1.82) is 0 Å². The van der Waals surface area contributed by atoms with E-state index in [4.69, 9.17) is 5.73 Å². The average molecular weight is 195 g/mol. The fourth-order valence-corrected chi connectivity index (χ4v) is 2.22. The second-order valence-electron chi connectivity index (χ2n) is 5.12. The van der Waals surface area contributed by atoms with Crippen LogP contribution in [0.25, 0.3) is 0 Å². The minimum Gasteiger partial charge on any atom is -0.325 e. The van der Waals surface area contributed by atoms with Crippen molar-refractivity contribution >= 4 is 0 Å². The standard InChI is InChI=1S/C13H25N/c1-12(2)8-11-13(14)9-6-4-3-5-7-10-13/h8H,3-7,9-11,14H2,1-2H3. The molecule has 82 valence electrons. The quantitative estimate of drug-likeness (QED) is 0.667. The Morgan fingerprint density at radius 3 is 2.07 bits per heavy atom. The SMILES string of the molecule is CC(C)=CCC1(N)CCCCCCC1. The number of nitrogens with two attached hydrogens (primary N) is 1. The molecule has 1 rings (SSSR count). The predicted octanol–water partition coefficient (Wildman–Crippen LogP) is 3.78. The highest BCUT2D eigenvalue weighted by molar-refractivity contribution is 5.00. The van der Waals surface area contributed by atoms with Gasteiger partial charge in [-0.3, -0.25) is 0 Å². The Morgan fingerprint density at radius 1 is 1.07 bits per heavy atom. The molecule has 2 N–H and O–H groups in total. The highest BCUT2D eigenvalue weighted by Crippen LogP contribution is 2.27. The van der Waals surface area contributed by atoms with Crippen LogP contribution in [-0.4, -0.2) is 5.54 Å². The molecule has 0 heterocycles. The van der Waals surface area contributed by atoms with E-state index in [1.165, 1.54) is 50.5 Å². The van der Waals surface area contributed by atoms with E-state index in [1.807, 2.05) is 0 Å². The van der Waals surface area contributed by atoms with Gasteiger partial charge in [-0.15, -0.1) is 0 Å². The Labute approximate surface area is 88.8 Å². The average Bonchev–Trinajstić information content (AvgIpc) is 2.09. The van der Waals surface area contributed by atoms with Crippen LogP contribution in [0.2, 0.25) is 0 Å². The maximum Gasteiger partial charge on any atom is 0.0189 e. The minimum atomic E-state index is 0.109. The van der Waals surface area contributed by atoms with Gasteiger partial charge in [-0.05, 0) is 33.1 Å². The van der Waals surface area contributed by atoms with Gasteiger partial charge < -0.3 is 5.73 Å². The second-order valence-corrected chi connectivity index (χ2v) is 5.12. The predicted molar refractivity (Wildman–Crippen MR) is 63.3 cm³/mol. The highest BCUT2D eigenvalue weighted by atomic mass is 14.7. The van der Waals surface area contributed by atoms with Crippen LogP contribution < -0.4 is 5.73 Å². The van der Waals surface area contributed by atoms with Gasteiger partial charge in [0, 0.05) is 5.54 Å². The van der Waals surface area contributed by atoms with E-state index >= 15 is 0 Å². The van der Waals surface area contributed by atoms with Gasteiger partial charge in [0.2, 0.25) is 0 Å². The van der Waals surface area contributed by atoms with Crippen LogP contribution in [0.4, 0.5) is 0 Å². The summed E-state index contributed by atoms with van der Waals surface area (Å²) >= 11 is 0. The van der Waals surface area contributed by atoms with E-state index in [0.29, 0.717) is 0 Å². The largest absolute Gasteiger partial charge is 0.325 e. The summed E-state index contributed by atoms with van der Waals surface area (Å²) in [5.41, 5.74) is 7.94. The molecule has 0 aromatic rings. The zero-order valence-corrected chi connectivity index (χ0v) is 9.81. The molecular weight excluding hydrogens is 170 g/mol. The van der Waals surface area contributed by atoms with Gasteiger partial charge in [0.15, 0.2) is 0 Å². The first kappa shape index (κ1) is 11.8. The summed E-state index contributed by atoms with van der Waals surface area (Å²) in [5, 5.41) is 0. The fourth-order valence-electron chi connectivity index (χ4n) is 2.22. The maximum absolute atomic E-state index is 6.43. The van der Waals surface area contributed by atoms with E-state index in [9.17, 15) is 0 Å². The van der Waals surface area contributed by atoms with Gasteiger partial charge in [-0.2, -0.15) is 0 Å². The highest BCUT2D eigenvalue weighted by Gasteiger charge is 2.23. The lowest BCUT2D eigenvalue weighted by atomic mass is 9.82. The molecule has 0 unspecified atom stereocenters. The maximum atomic E-state index is 6.43. The minimum absolute atomic E-state index is 0.109. The zero-order chi connectivity index (χ0) is 10.4. The third-order valence-electron chi connectivity index (χ3n) is 3.27. The number of allylic oxidation sites excluding steroid dienone is 1. The Balaban J connectivity index is 2.46. The zero-order valence-electron chi connectivity index (χ0n) is 9.81. The normalized spacial score (nSPS) is 22.2. The summed E-state index contributed by atoms with van der Waals surface area (Å²) in [6, 6.07) is 0. The van der Waals surface area contributed by atoms with Gasteiger partial charge in [0.25, 0.3) is 0 Å². The van der Waals surface area contributed by atoms with E-state index in [2.05, 4.69) is 19.9 Å². The number of hydrogen-bond acceptors (Lipinski definition) is 1. The van der Waals surface area contributed by atoms with Gasteiger partial charge >= 0.3 is 0 Å². The van der Waals surface area contributed by atoms with Crippen LogP contribution in [0.1, 0.15) is 65.2 Å². The lowest BCUT2D eigenvalue weighted by Crippen LogP contribution is -2.39. The molecule has 0 aromatic heterocycles. The molecule has 1 heteroatoms. The lowest BCUT2D eigenvalue weighted by Gasteiger charge is -2.30. The molecule has 0 saturated heterocycles. The van der Waals surface area contributed by atoms with Crippen molar-refractivity contribution < 1.29 is 0 Å². The summed E-state index contributed by atoms with van der Waals surface area (Å²) in [7, 11) is 0. The van der Waals surface area contributed by atoms with Crippen LogP contribution in [-0.2, 0) is 0 Å². The van der Waals surface area contributed by atoms with Crippen molar-refractivity contribution in [3.05, 3.63) is 11.6 Å². The molecule has 0 radical (unpaired) electrons. The molecule has 0 aliphatic heterocycles. The van der Waals surface area contributed by atoms with Gasteiger partial charge in [-0.25, -0.2) is 0 Å². The molecule has 1 aliphatic rings. The molecule has 1 aliphatic carbocycles. The number of hydrogen-bond donors (Lipinski definition) is 1. The summed E-state index contributed by atoms with van der Waals surface area (Å²) < 4.78 is 0. The topological polar surface area (TPSA) is 26.0 Å². The van der Waals surface area contributed by atoms with Crippen molar-refractivity contribution in [3.63, 3.8) is 0 Å². The second kappa shape index (κ2) is 5.55. The third kappa shape index (κ3) is 4.28. The smallest absolute Gasteiger partial charge is 0.0189 e. The van der Waals surface area contributed by atoms with Gasteiger partial charge in [-0.1, -0.05) is 43.8 Å². The fraction of sp³-hybridized carbons (Fsp3) is 0.846.